The number of hydrogen-bond donors (Lipinski definition) is 1. The molecule has 6 nitrogen and oxygen atoms in total. The number of fused-ring (bicyclic) bond motifs is 1. The lowest BCUT2D eigenvalue weighted by Crippen LogP contribution is -2.35. The standard InChI is InChI=1S/C16H21NO5/c1-16(2,3)22-15(20)17-9-8-10-11(6-5-7-12(10)17)13(18)14(19)21-4/h5-7,13,18H,8-9H2,1-4H3. The number of aliphatic hydroxyl groups excluding tert-OH is 1. The molecule has 0 saturated carbocycles. The van der Waals surface area contributed by atoms with Gasteiger partial charge in [-0.15, -0.1) is 0 Å². The van der Waals surface area contributed by atoms with Crippen molar-refractivity contribution in [2.24, 2.45) is 0 Å². The Morgan fingerprint density at radius 2 is 2.00 bits per heavy atom. The first kappa shape index (κ1) is 16.3. The average molecular weight is 307 g/mol. The number of anilines is 1. The Bertz CT molecular complexity index is 591. The van der Waals surface area contributed by atoms with Crippen LogP contribution in [0.1, 0.15) is 38.0 Å². The van der Waals surface area contributed by atoms with E-state index in [1.54, 1.807) is 39.0 Å². The highest BCUT2D eigenvalue weighted by molar-refractivity contribution is 5.91. The van der Waals surface area contributed by atoms with E-state index in [2.05, 4.69) is 4.74 Å². The lowest BCUT2D eigenvalue weighted by Gasteiger charge is -2.25. The summed E-state index contributed by atoms with van der Waals surface area (Å²) < 4.78 is 9.95. The number of rotatable bonds is 2. The highest BCUT2D eigenvalue weighted by Gasteiger charge is 2.32. The van der Waals surface area contributed by atoms with E-state index in [-0.39, 0.29) is 0 Å². The van der Waals surface area contributed by atoms with E-state index in [4.69, 9.17) is 4.74 Å². The van der Waals surface area contributed by atoms with E-state index in [9.17, 15) is 14.7 Å². The molecule has 0 fully saturated rings. The minimum Gasteiger partial charge on any atom is -0.467 e. The Balaban J connectivity index is 2.30. The van der Waals surface area contributed by atoms with Crippen molar-refractivity contribution in [2.45, 2.75) is 38.9 Å². The normalized spacial score (nSPS) is 15.2. The Morgan fingerprint density at radius 1 is 1.32 bits per heavy atom. The minimum atomic E-state index is -1.35. The number of nitrogens with zero attached hydrogens (tertiary/aromatic N) is 1. The van der Waals surface area contributed by atoms with Gasteiger partial charge in [-0.05, 0) is 44.4 Å². The molecular formula is C16H21NO5. The van der Waals surface area contributed by atoms with Gasteiger partial charge in [-0.2, -0.15) is 0 Å². The van der Waals surface area contributed by atoms with Gasteiger partial charge >= 0.3 is 12.1 Å². The number of benzene rings is 1. The zero-order valence-corrected chi connectivity index (χ0v) is 13.3. The molecule has 1 heterocycles. The van der Waals surface area contributed by atoms with Crippen LogP contribution in [0.5, 0.6) is 0 Å². The molecule has 1 aromatic carbocycles. The predicted molar refractivity (Wildman–Crippen MR) is 80.7 cm³/mol. The summed E-state index contributed by atoms with van der Waals surface area (Å²) in [5, 5.41) is 10.1. The monoisotopic (exact) mass is 307 g/mol. The second-order valence-corrected chi connectivity index (χ2v) is 6.15. The molecular weight excluding hydrogens is 286 g/mol. The predicted octanol–water partition coefficient (Wildman–Crippen LogP) is 2.19. The minimum absolute atomic E-state index is 0.434. The van der Waals surface area contributed by atoms with Crippen LogP contribution in [0.2, 0.25) is 0 Å². The molecule has 0 bridgehead atoms. The van der Waals surface area contributed by atoms with E-state index in [1.165, 1.54) is 12.0 Å². The maximum Gasteiger partial charge on any atom is 0.414 e. The van der Waals surface area contributed by atoms with Crippen LogP contribution in [-0.4, -0.2) is 36.4 Å². The van der Waals surface area contributed by atoms with Gasteiger partial charge < -0.3 is 14.6 Å². The zero-order chi connectivity index (χ0) is 16.5. The number of ether oxygens (including phenoxy) is 2. The lowest BCUT2D eigenvalue weighted by molar-refractivity contribution is -0.150. The fourth-order valence-electron chi connectivity index (χ4n) is 2.46. The van der Waals surface area contributed by atoms with Gasteiger partial charge in [-0.3, -0.25) is 4.90 Å². The third kappa shape index (κ3) is 3.22. The molecule has 1 aliphatic heterocycles. The SMILES string of the molecule is COC(=O)C(O)c1cccc2c1CCN2C(=O)OC(C)(C)C. The van der Waals surface area contributed by atoms with Crippen LogP contribution >= 0.6 is 0 Å². The van der Waals surface area contributed by atoms with Crippen molar-refractivity contribution in [1.82, 2.24) is 0 Å². The molecule has 1 N–H and O–H groups in total. The van der Waals surface area contributed by atoms with E-state index in [0.29, 0.717) is 24.2 Å². The fourth-order valence-corrected chi connectivity index (χ4v) is 2.46. The third-order valence-corrected chi connectivity index (χ3v) is 3.40. The molecule has 1 aliphatic rings. The number of aliphatic hydroxyl groups is 1. The molecule has 1 unspecified atom stereocenters. The van der Waals surface area contributed by atoms with Gasteiger partial charge in [-0.1, -0.05) is 12.1 Å². The molecule has 0 spiro atoms. The summed E-state index contributed by atoms with van der Waals surface area (Å²) in [6, 6.07) is 5.14. The first-order chi connectivity index (χ1) is 10.2. The molecule has 6 heteroatoms. The zero-order valence-electron chi connectivity index (χ0n) is 13.3. The third-order valence-electron chi connectivity index (χ3n) is 3.40. The van der Waals surface area contributed by atoms with E-state index < -0.39 is 23.8 Å². The molecule has 0 saturated heterocycles. The number of amides is 1. The highest BCUT2D eigenvalue weighted by atomic mass is 16.6. The van der Waals surface area contributed by atoms with Crippen molar-refractivity contribution in [3.8, 4) is 0 Å². The maximum atomic E-state index is 12.2. The van der Waals surface area contributed by atoms with Crippen LogP contribution in [0.3, 0.4) is 0 Å². The van der Waals surface area contributed by atoms with Gasteiger partial charge in [0, 0.05) is 6.54 Å². The summed E-state index contributed by atoms with van der Waals surface area (Å²) in [5.74, 6) is -0.718. The summed E-state index contributed by atoms with van der Waals surface area (Å²) in [7, 11) is 1.22. The van der Waals surface area contributed by atoms with Crippen molar-refractivity contribution in [3.05, 3.63) is 29.3 Å². The summed E-state index contributed by atoms with van der Waals surface area (Å²) in [6.45, 7) is 5.87. The van der Waals surface area contributed by atoms with Gasteiger partial charge in [-0.25, -0.2) is 9.59 Å². The molecule has 1 amide bonds. The Kier molecular flexibility index (Phi) is 4.42. The Labute approximate surface area is 129 Å². The van der Waals surface area contributed by atoms with Crippen molar-refractivity contribution >= 4 is 17.7 Å². The van der Waals surface area contributed by atoms with Gasteiger partial charge in [0.05, 0.1) is 12.8 Å². The molecule has 1 aromatic rings. The van der Waals surface area contributed by atoms with Crippen LogP contribution in [0, 0.1) is 0 Å². The van der Waals surface area contributed by atoms with Gasteiger partial charge in [0.2, 0.25) is 0 Å². The molecule has 22 heavy (non-hydrogen) atoms. The Hall–Kier alpha value is -2.08. The quantitative estimate of drug-likeness (QED) is 0.848. The van der Waals surface area contributed by atoms with Crippen molar-refractivity contribution < 1.29 is 24.2 Å². The summed E-state index contributed by atoms with van der Waals surface area (Å²) in [5.41, 5.74) is 1.32. The molecule has 0 aromatic heterocycles. The maximum absolute atomic E-state index is 12.2. The molecule has 120 valence electrons. The molecule has 0 radical (unpaired) electrons. The molecule has 0 aliphatic carbocycles. The van der Waals surface area contributed by atoms with Crippen molar-refractivity contribution in [1.29, 1.82) is 0 Å². The van der Waals surface area contributed by atoms with Crippen molar-refractivity contribution in [3.63, 3.8) is 0 Å². The molecule has 1 atom stereocenters. The van der Waals surface area contributed by atoms with Gasteiger partial charge in [0.25, 0.3) is 0 Å². The lowest BCUT2D eigenvalue weighted by atomic mass is 10.0. The smallest absolute Gasteiger partial charge is 0.414 e. The number of hydrogen-bond acceptors (Lipinski definition) is 5. The second kappa shape index (κ2) is 5.96. The number of esters is 1. The first-order valence-electron chi connectivity index (χ1n) is 7.13. The number of carbonyl (C=O) groups is 2. The Morgan fingerprint density at radius 3 is 2.59 bits per heavy atom. The number of carbonyl (C=O) groups excluding carboxylic acids is 2. The van der Waals surface area contributed by atoms with Crippen LogP contribution in [0.25, 0.3) is 0 Å². The van der Waals surface area contributed by atoms with Gasteiger partial charge in [0.1, 0.15) is 5.60 Å². The van der Waals surface area contributed by atoms with Crippen LogP contribution in [-0.2, 0) is 20.7 Å². The summed E-state index contributed by atoms with van der Waals surface area (Å²) >= 11 is 0. The topological polar surface area (TPSA) is 76.1 Å². The molecule has 2 rings (SSSR count). The van der Waals surface area contributed by atoms with Gasteiger partial charge in [0.15, 0.2) is 6.10 Å². The van der Waals surface area contributed by atoms with Crippen molar-refractivity contribution in [2.75, 3.05) is 18.6 Å². The van der Waals surface area contributed by atoms with Crippen LogP contribution in [0.4, 0.5) is 10.5 Å². The van der Waals surface area contributed by atoms with E-state index in [1.807, 2.05) is 0 Å². The second-order valence-electron chi connectivity index (χ2n) is 6.15. The largest absolute Gasteiger partial charge is 0.467 e. The first-order valence-corrected chi connectivity index (χ1v) is 7.13. The summed E-state index contributed by atoms with van der Waals surface area (Å²) in [6.07, 6.45) is -1.23. The van der Waals surface area contributed by atoms with Crippen LogP contribution in [0.15, 0.2) is 18.2 Å². The fraction of sp³-hybridized carbons (Fsp3) is 0.500. The van der Waals surface area contributed by atoms with Crippen LogP contribution < -0.4 is 4.90 Å². The van der Waals surface area contributed by atoms with E-state index >= 15 is 0 Å². The average Bonchev–Trinajstić information content (AvgIpc) is 2.87. The summed E-state index contributed by atoms with van der Waals surface area (Å²) in [4.78, 5) is 25.3. The number of methoxy groups -OCH3 is 1. The highest BCUT2D eigenvalue weighted by Crippen LogP contribution is 2.34. The van der Waals surface area contributed by atoms with E-state index in [0.717, 1.165) is 5.56 Å².